The van der Waals surface area contributed by atoms with E-state index in [9.17, 15) is 0 Å². The normalized spacial score (nSPS) is 28.9. The Labute approximate surface area is 120 Å². The number of nitrogens with zero attached hydrogens (tertiary/aromatic N) is 3. The summed E-state index contributed by atoms with van der Waals surface area (Å²) in [5.74, 6) is 0. The predicted molar refractivity (Wildman–Crippen MR) is 72.9 cm³/mol. The van der Waals surface area contributed by atoms with Gasteiger partial charge in [-0.3, -0.25) is 0 Å². The van der Waals surface area contributed by atoms with Gasteiger partial charge in [-0.2, -0.15) is 0 Å². The van der Waals surface area contributed by atoms with E-state index in [1.807, 2.05) is 0 Å². The molecule has 3 aliphatic rings. The van der Waals surface area contributed by atoms with Crippen molar-refractivity contribution >= 4 is 15.3 Å². The maximum atomic E-state index is 5.52. The first-order chi connectivity index (χ1) is 9.45. The van der Waals surface area contributed by atoms with Crippen molar-refractivity contribution in [3.8, 4) is 0 Å². The van der Waals surface area contributed by atoms with E-state index in [2.05, 4.69) is 11.5 Å². The molecule has 3 fully saturated rings. The topological polar surface area (TPSA) is 37.4 Å². The second-order valence-corrected chi connectivity index (χ2v) is 9.65. The van der Waals surface area contributed by atoms with Crippen molar-refractivity contribution in [2.24, 2.45) is 0 Å². The first-order valence-electron chi connectivity index (χ1n) is 7.23. The van der Waals surface area contributed by atoms with Crippen LogP contribution in [0.15, 0.2) is 0 Å². The summed E-state index contributed by atoms with van der Waals surface area (Å²) in [4.78, 5) is 0. The Morgan fingerprint density at radius 3 is 1.00 bits per heavy atom. The van der Waals surface area contributed by atoms with Gasteiger partial charge in [-0.1, -0.05) is 0 Å². The van der Waals surface area contributed by atoms with Crippen LogP contribution in [-0.2, 0) is 14.2 Å². The Morgan fingerprint density at radius 1 is 0.474 bits per heavy atom. The third-order valence-corrected chi connectivity index (χ3v) is 9.42. The average Bonchev–Trinajstić information content (AvgIpc) is 2.51. The molecule has 0 aromatic rings. The SMILES string of the molecule is C1CN([As](N2CCOCC2)N2CCOCC2)CCO1. The minimum atomic E-state index is -1.30. The van der Waals surface area contributed by atoms with Gasteiger partial charge >= 0.3 is 120 Å². The van der Waals surface area contributed by atoms with Crippen LogP contribution in [0, 0.1) is 0 Å². The van der Waals surface area contributed by atoms with Crippen LogP contribution < -0.4 is 0 Å². The summed E-state index contributed by atoms with van der Waals surface area (Å²) in [6.45, 7) is 11.9. The van der Waals surface area contributed by atoms with E-state index < -0.39 is 15.3 Å². The predicted octanol–water partition coefficient (Wildman–Crippen LogP) is -1.03. The van der Waals surface area contributed by atoms with Crippen LogP contribution >= 0.6 is 0 Å². The van der Waals surface area contributed by atoms with Crippen molar-refractivity contribution in [2.75, 3.05) is 78.9 Å². The summed E-state index contributed by atoms with van der Waals surface area (Å²) in [6, 6.07) is 0. The van der Waals surface area contributed by atoms with Gasteiger partial charge in [-0.15, -0.1) is 0 Å². The fourth-order valence-electron chi connectivity index (χ4n) is 2.73. The zero-order valence-electron chi connectivity index (χ0n) is 11.5. The molecule has 6 nitrogen and oxygen atoms in total. The standard InChI is InChI=1S/C12H24AsN3O3/c1-7-17-8-2-14(1)13(15-3-9-18-10-4-15)16-5-11-19-12-6-16/h1-12H2. The van der Waals surface area contributed by atoms with Gasteiger partial charge in [0.25, 0.3) is 0 Å². The molecule has 3 heterocycles. The molecule has 0 bridgehead atoms. The third-order valence-electron chi connectivity index (χ3n) is 3.72. The van der Waals surface area contributed by atoms with Gasteiger partial charge in [-0.05, 0) is 0 Å². The Balaban J connectivity index is 1.68. The molecule has 0 atom stereocenters. The summed E-state index contributed by atoms with van der Waals surface area (Å²) in [6.07, 6.45) is 0. The average molecular weight is 333 g/mol. The number of ether oxygens (including phenoxy) is 3. The Kier molecular flexibility index (Phi) is 5.53. The molecule has 7 heteroatoms. The fourth-order valence-corrected chi connectivity index (χ4v) is 8.27. The molecular formula is C12H24AsN3O3. The number of hydrogen-bond donors (Lipinski definition) is 0. The number of morpholine rings is 3. The van der Waals surface area contributed by atoms with E-state index in [4.69, 9.17) is 14.2 Å². The second kappa shape index (κ2) is 7.36. The minimum absolute atomic E-state index is 0.889. The van der Waals surface area contributed by atoms with E-state index in [1.165, 1.54) is 0 Å². The van der Waals surface area contributed by atoms with Crippen LogP contribution in [0.5, 0.6) is 0 Å². The molecule has 0 N–H and O–H groups in total. The van der Waals surface area contributed by atoms with Gasteiger partial charge in [0, 0.05) is 0 Å². The molecule has 0 amide bonds. The number of rotatable bonds is 3. The van der Waals surface area contributed by atoms with Crippen LogP contribution in [0.4, 0.5) is 0 Å². The number of hydrogen-bond acceptors (Lipinski definition) is 6. The summed E-state index contributed by atoms with van der Waals surface area (Å²) in [5.41, 5.74) is 0. The fraction of sp³-hybridized carbons (Fsp3) is 1.00. The van der Waals surface area contributed by atoms with Crippen LogP contribution in [0.3, 0.4) is 0 Å². The molecule has 0 spiro atoms. The molecule has 110 valence electrons. The van der Waals surface area contributed by atoms with E-state index in [0.717, 1.165) is 78.9 Å². The molecule has 0 aromatic heterocycles. The molecular weight excluding hydrogens is 309 g/mol. The maximum absolute atomic E-state index is 5.52. The quantitative estimate of drug-likeness (QED) is 0.615. The summed E-state index contributed by atoms with van der Waals surface area (Å²) >= 11 is -1.30. The Morgan fingerprint density at radius 2 is 0.737 bits per heavy atom. The van der Waals surface area contributed by atoms with Crippen molar-refractivity contribution in [3.05, 3.63) is 0 Å². The van der Waals surface area contributed by atoms with E-state index in [1.54, 1.807) is 0 Å². The third kappa shape index (κ3) is 3.70. The molecule has 19 heavy (non-hydrogen) atoms. The van der Waals surface area contributed by atoms with Crippen molar-refractivity contribution in [1.29, 1.82) is 0 Å². The molecule has 0 aliphatic carbocycles. The summed E-state index contributed by atoms with van der Waals surface area (Å²) < 4.78 is 24.7. The van der Waals surface area contributed by atoms with Gasteiger partial charge in [0.05, 0.1) is 0 Å². The zero-order valence-corrected chi connectivity index (χ0v) is 13.4. The molecule has 0 saturated carbocycles. The Hall–Kier alpha value is 0.318. The van der Waals surface area contributed by atoms with Crippen LogP contribution in [0.25, 0.3) is 0 Å². The van der Waals surface area contributed by atoms with Gasteiger partial charge < -0.3 is 0 Å². The van der Waals surface area contributed by atoms with Gasteiger partial charge in [0.15, 0.2) is 0 Å². The van der Waals surface area contributed by atoms with Crippen molar-refractivity contribution in [3.63, 3.8) is 0 Å². The summed E-state index contributed by atoms with van der Waals surface area (Å²) in [5, 5.41) is 0. The molecule has 0 radical (unpaired) electrons. The van der Waals surface area contributed by atoms with E-state index >= 15 is 0 Å². The van der Waals surface area contributed by atoms with Crippen LogP contribution in [-0.4, -0.2) is 106 Å². The first-order valence-corrected chi connectivity index (χ1v) is 9.75. The van der Waals surface area contributed by atoms with Gasteiger partial charge in [-0.25, -0.2) is 0 Å². The van der Waals surface area contributed by atoms with Crippen LogP contribution in [0.2, 0.25) is 0 Å². The second-order valence-electron chi connectivity index (χ2n) is 4.97. The molecule has 3 saturated heterocycles. The Bertz CT molecular complexity index is 224. The first kappa shape index (κ1) is 14.3. The van der Waals surface area contributed by atoms with Crippen molar-refractivity contribution in [2.45, 2.75) is 0 Å². The van der Waals surface area contributed by atoms with E-state index in [0.29, 0.717) is 0 Å². The van der Waals surface area contributed by atoms with Crippen LogP contribution in [0.1, 0.15) is 0 Å². The molecule has 3 rings (SSSR count). The van der Waals surface area contributed by atoms with Crippen molar-refractivity contribution in [1.82, 2.24) is 11.5 Å². The van der Waals surface area contributed by atoms with Gasteiger partial charge in [0.1, 0.15) is 0 Å². The summed E-state index contributed by atoms with van der Waals surface area (Å²) in [7, 11) is 0. The van der Waals surface area contributed by atoms with Gasteiger partial charge in [0.2, 0.25) is 0 Å². The van der Waals surface area contributed by atoms with E-state index in [-0.39, 0.29) is 0 Å². The molecule has 3 aliphatic heterocycles. The van der Waals surface area contributed by atoms with Crippen molar-refractivity contribution < 1.29 is 14.2 Å². The molecule has 0 aromatic carbocycles. The zero-order chi connectivity index (χ0) is 12.9. The molecule has 0 unspecified atom stereocenters. The monoisotopic (exact) mass is 333 g/mol.